The molecule has 1 saturated heterocycles. The van der Waals surface area contributed by atoms with Gasteiger partial charge in [0.1, 0.15) is 18.9 Å². The number of anilines is 2. The third kappa shape index (κ3) is 5.14. The van der Waals surface area contributed by atoms with E-state index in [0.29, 0.717) is 62.4 Å². The number of nitro groups is 1. The minimum atomic E-state index is -1.14. The molecule has 1 N–H and O–H groups in total. The summed E-state index contributed by atoms with van der Waals surface area (Å²) in [7, 11) is 0. The summed E-state index contributed by atoms with van der Waals surface area (Å²) in [6, 6.07) is 9.07. The van der Waals surface area contributed by atoms with Crippen molar-refractivity contribution < 1.29 is 33.5 Å². The molecule has 2 aromatic rings. The molecule has 0 bridgehead atoms. The number of benzene rings is 2. The number of hydrogen-bond acceptors (Lipinski definition) is 9. The van der Waals surface area contributed by atoms with Crippen molar-refractivity contribution in [2.75, 3.05) is 49.7 Å². The van der Waals surface area contributed by atoms with Crippen LogP contribution in [0.4, 0.5) is 17.1 Å². The molecule has 2 aliphatic heterocycles. The van der Waals surface area contributed by atoms with Gasteiger partial charge >= 0.3 is 5.97 Å². The zero-order valence-electron chi connectivity index (χ0n) is 17.9. The van der Waals surface area contributed by atoms with Gasteiger partial charge in [0, 0.05) is 30.9 Å². The topological polar surface area (TPSA) is 129 Å². The number of fused-ring (bicyclic) bond motifs is 1. The first kappa shape index (κ1) is 22.3. The van der Waals surface area contributed by atoms with Gasteiger partial charge in [-0.3, -0.25) is 14.9 Å². The van der Waals surface area contributed by atoms with Crippen molar-refractivity contribution in [1.82, 2.24) is 0 Å². The first-order chi connectivity index (χ1) is 15.9. The molecule has 0 spiro atoms. The minimum absolute atomic E-state index is 0.0160. The number of carbonyl (C=O) groups excluding carboxylic acids is 2. The number of rotatable bonds is 6. The molecule has 1 atom stereocenters. The summed E-state index contributed by atoms with van der Waals surface area (Å²) in [6.07, 6.45) is -1.14. The molecule has 0 aliphatic carbocycles. The van der Waals surface area contributed by atoms with E-state index < -0.39 is 22.9 Å². The van der Waals surface area contributed by atoms with Crippen molar-refractivity contribution in [2.24, 2.45) is 0 Å². The second-order valence-corrected chi connectivity index (χ2v) is 7.46. The number of nitrogens with zero attached hydrogens (tertiary/aromatic N) is 2. The van der Waals surface area contributed by atoms with E-state index in [0.717, 1.165) is 0 Å². The highest BCUT2D eigenvalue weighted by molar-refractivity contribution is 5.98. The first-order valence-electron chi connectivity index (χ1n) is 10.4. The Morgan fingerprint density at radius 3 is 2.52 bits per heavy atom. The molecule has 4 rings (SSSR count). The van der Waals surface area contributed by atoms with Gasteiger partial charge in [0.2, 0.25) is 0 Å². The monoisotopic (exact) mass is 457 g/mol. The van der Waals surface area contributed by atoms with Crippen molar-refractivity contribution >= 4 is 28.9 Å². The summed E-state index contributed by atoms with van der Waals surface area (Å²) >= 11 is 0. The Balaban J connectivity index is 1.42. The molecule has 1 fully saturated rings. The van der Waals surface area contributed by atoms with Gasteiger partial charge in [0.15, 0.2) is 17.6 Å². The zero-order valence-corrected chi connectivity index (χ0v) is 17.9. The standard InChI is InChI=1S/C22H23N3O8/c1-14(21(26)23-16-3-5-19-20(13-16)32-11-10-31-19)33-22(27)15-2-4-17(18(12-15)25(28)29)24-6-8-30-9-7-24/h2-5,12-14H,6-11H2,1H3,(H,23,26)/t14-/m0/s1. The predicted molar refractivity (Wildman–Crippen MR) is 117 cm³/mol. The Kier molecular flexibility index (Phi) is 6.59. The lowest BCUT2D eigenvalue weighted by molar-refractivity contribution is -0.384. The number of morpholine rings is 1. The van der Waals surface area contributed by atoms with E-state index in [4.69, 9.17) is 18.9 Å². The van der Waals surface area contributed by atoms with Crippen LogP contribution < -0.4 is 19.7 Å². The summed E-state index contributed by atoms with van der Waals surface area (Å²) < 4.78 is 21.5. The fourth-order valence-corrected chi connectivity index (χ4v) is 3.52. The van der Waals surface area contributed by atoms with Crippen LogP contribution in [0, 0.1) is 10.1 Å². The van der Waals surface area contributed by atoms with E-state index >= 15 is 0 Å². The number of nitrogens with one attached hydrogen (secondary N) is 1. The average molecular weight is 457 g/mol. The Morgan fingerprint density at radius 1 is 1.06 bits per heavy atom. The minimum Gasteiger partial charge on any atom is -0.486 e. The van der Waals surface area contributed by atoms with Crippen LogP contribution in [0.2, 0.25) is 0 Å². The summed E-state index contributed by atoms with van der Waals surface area (Å²) in [4.78, 5) is 37.9. The number of hydrogen-bond donors (Lipinski definition) is 1. The van der Waals surface area contributed by atoms with Gasteiger partial charge in [0.25, 0.3) is 11.6 Å². The van der Waals surface area contributed by atoms with Crippen molar-refractivity contribution in [3.05, 3.63) is 52.1 Å². The van der Waals surface area contributed by atoms with Crippen molar-refractivity contribution in [3.63, 3.8) is 0 Å². The third-order valence-corrected chi connectivity index (χ3v) is 5.22. The van der Waals surface area contributed by atoms with Crippen LogP contribution in [-0.2, 0) is 14.3 Å². The zero-order chi connectivity index (χ0) is 23.4. The normalized spacial score (nSPS) is 16.0. The highest BCUT2D eigenvalue weighted by Gasteiger charge is 2.26. The predicted octanol–water partition coefficient (Wildman–Crippen LogP) is 2.39. The lowest BCUT2D eigenvalue weighted by atomic mass is 10.1. The molecule has 33 heavy (non-hydrogen) atoms. The van der Waals surface area contributed by atoms with Crippen molar-refractivity contribution in [1.29, 1.82) is 0 Å². The Morgan fingerprint density at radius 2 is 1.79 bits per heavy atom. The molecule has 2 aliphatic rings. The molecule has 0 saturated carbocycles. The number of nitro benzene ring substituents is 1. The van der Waals surface area contributed by atoms with Crippen LogP contribution in [-0.4, -0.2) is 62.4 Å². The van der Waals surface area contributed by atoms with Gasteiger partial charge in [-0.25, -0.2) is 4.79 Å². The molecular formula is C22H23N3O8. The fraction of sp³-hybridized carbons (Fsp3) is 0.364. The van der Waals surface area contributed by atoms with E-state index in [1.165, 1.54) is 25.1 Å². The van der Waals surface area contributed by atoms with Crippen LogP contribution >= 0.6 is 0 Å². The molecular weight excluding hydrogens is 434 g/mol. The van der Waals surface area contributed by atoms with Gasteiger partial charge in [-0.15, -0.1) is 0 Å². The molecule has 174 valence electrons. The number of amides is 1. The number of ether oxygens (including phenoxy) is 4. The van der Waals surface area contributed by atoms with E-state index in [2.05, 4.69) is 5.32 Å². The van der Waals surface area contributed by atoms with Gasteiger partial charge in [-0.2, -0.15) is 0 Å². The molecule has 11 nitrogen and oxygen atoms in total. The quantitative estimate of drug-likeness (QED) is 0.395. The van der Waals surface area contributed by atoms with Gasteiger partial charge < -0.3 is 29.2 Å². The second kappa shape index (κ2) is 9.74. The molecule has 2 heterocycles. The summed E-state index contributed by atoms with van der Waals surface area (Å²) in [6.45, 7) is 4.26. The van der Waals surface area contributed by atoms with E-state index in [1.807, 2.05) is 4.90 Å². The van der Waals surface area contributed by atoms with E-state index in [9.17, 15) is 19.7 Å². The summed E-state index contributed by atoms with van der Waals surface area (Å²) in [5.41, 5.74) is 0.638. The average Bonchev–Trinajstić information content (AvgIpc) is 2.84. The lowest BCUT2D eigenvalue weighted by Gasteiger charge is -2.28. The molecule has 0 radical (unpaired) electrons. The van der Waals surface area contributed by atoms with Crippen LogP contribution in [0.3, 0.4) is 0 Å². The number of esters is 1. The Bertz CT molecular complexity index is 1070. The summed E-state index contributed by atoms with van der Waals surface area (Å²) in [5, 5.41) is 14.2. The SMILES string of the molecule is C[C@H](OC(=O)c1ccc(N2CCOCC2)c([N+](=O)[O-])c1)C(=O)Nc1ccc2c(c1)OCCO2. The Labute approximate surface area is 189 Å². The van der Waals surface area contributed by atoms with Crippen LogP contribution in [0.25, 0.3) is 0 Å². The molecule has 0 aromatic heterocycles. The smallest absolute Gasteiger partial charge is 0.339 e. The van der Waals surface area contributed by atoms with Crippen LogP contribution in [0.15, 0.2) is 36.4 Å². The maximum Gasteiger partial charge on any atom is 0.339 e. The second-order valence-electron chi connectivity index (χ2n) is 7.46. The fourth-order valence-electron chi connectivity index (χ4n) is 3.52. The number of carbonyl (C=O) groups is 2. The lowest BCUT2D eigenvalue weighted by Crippen LogP contribution is -2.36. The van der Waals surface area contributed by atoms with E-state index in [1.54, 1.807) is 18.2 Å². The molecule has 11 heteroatoms. The van der Waals surface area contributed by atoms with Gasteiger partial charge in [0.05, 0.1) is 23.7 Å². The maximum absolute atomic E-state index is 12.6. The molecule has 1 amide bonds. The third-order valence-electron chi connectivity index (χ3n) is 5.22. The van der Waals surface area contributed by atoms with Crippen LogP contribution in [0.1, 0.15) is 17.3 Å². The largest absolute Gasteiger partial charge is 0.486 e. The van der Waals surface area contributed by atoms with Gasteiger partial charge in [-0.05, 0) is 31.2 Å². The van der Waals surface area contributed by atoms with Crippen molar-refractivity contribution in [2.45, 2.75) is 13.0 Å². The molecule has 0 unspecified atom stereocenters. The van der Waals surface area contributed by atoms with Gasteiger partial charge in [-0.1, -0.05) is 0 Å². The highest BCUT2D eigenvalue weighted by Crippen LogP contribution is 2.33. The van der Waals surface area contributed by atoms with E-state index in [-0.39, 0.29) is 11.3 Å². The Hall–Kier alpha value is -3.86. The first-order valence-corrected chi connectivity index (χ1v) is 10.4. The summed E-state index contributed by atoms with van der Waals surface area (Å²) in [5.74, 6) is -0.298. The highest BCUT2D eigenvalue weighted by atomic mass is 16.6. The van der Waals surface area contributed by atoms with Crippen LogP contribution in [0.5, 0.6) is 11.5 Å². The van der Waals surface area contributed by atoms with Crippen molar-refractivity contribution in [3.8, 4) is 11.5 Å². The maximum atomic E-state index is 12.6. The molecule has 2 aromatic carbocycles.